The quantitative estimate of drug-likeness (QED) is 0.930. The molecule has 2 fully saturated rings. The molecule has 0 bridgehead atoms. The first-order valence-electron chi connectivity index (χ1n) is 8.26. The van der Waals surface area contributed by atoms with Crippen molar-refractivity contribution < 1.29 is 14.6 Å². The van der Waals surface area contributed by atoms with Crippen molar-refractivity contribution >= 4 is 5.91 Å². The molecule has 1 aromatic rings. The number of hydrogen-bond donors (Lipinski definition) is 1. The highest BCUT2D eigenvalue weighted by atomic mass is 16.5. The number of nitrogens with zero attached hydrogens (tertiary/aromatic N) is 1. The van der Waals surface area contributed by atoms with Crippen LogP contribution in [-0.2, 0) is 11.3 Å². The predicted octanol–water partition coefficient (Wildman–Crippen LogP) is 2.74. The van der Waals surface area contributed by atoms with Crippen molar-refractivity contribution in [3.63, 3.8) is 0 Å². The second-order valence-corrected chi connectivity index (χ2v) is 6.61. The highest BCUT2D eigenvalue weighted by Crippen LogP contribution is 2.39. The molecule has 1 amide bonds. The van der Waals surface area contributed by atoms with E-state index in [2.05, 4.69) is 0 Å². The van der Waals surface area contributed by atoms with Crippen LogP contribution in [0.2, 0.25) is 0 Å². The molecule has 0 radical (unpaired) electrons. The third kappa shape index (κ3) is 2.98. The average Bonchev–Trinajstić information content (AvgIpc) is 2.90. The van der Waals surface area contributed by atoms with E-state index in [0.717, 1.165) is 50.0 Å². The van der Waals surface area contributed by atoms with Crippen LogP contribution < -0.4 is 4.74 Å². The van der Waals surface area contributed by atoms with Crippen LogP contribution in [0.1, 0.15) is 44.1 Å². The zero-order chi connectivity index (χ0) is 15.6. The number of carbonyl (C=O) groups excluding carboxylic acids is 1. The smallest absolute Gasteiger partial charge is 0.228 e. The Balaban J connectivity index is 1.65. The summed E-state index contributed by atoms with van der Waals surface area (Å²) in [6.45, 7) is 1.37. The Hall–Kier alpha value is -1.55. The maximum atomic E-state index is 12.7. The Kier molecular flexibility index (Phi) is 4.39. The van der Waals surface area contributed by atoms with Gasteiger partial charge in [0.2, 0.25) is 5.91 Å². The summed E-state index contributed by atoms with van der Waals surface area (Å²) < 4.78 is 5.16. The monoisotopic (exact) mass is 303 g/mol. The summed E-state index contributed by atoms with van der Waals surface area (Å²) in [7, 11) is 1.65. The SMILES string of the molecule is COc1ccc(CN2CCC(C3(O)CCCCC3)C2=O)cc1. The first kappa shape index (κ1) is 15.3. The maximum Gasteiger partial charge on any atom is 0.228 e. The van der Waals surface area contributed by atoms with Crippen molar-refractivity contribution in [3.8, 4) is 5.75 Å². The van der Waals surface area contributed by atoms with E-state index in [1.807, 2.05) is 29.2 Å². The summed E-state index contributed by atoms with van der Waals surface area (Å²) in [6, 6.07) is 7.83. The summed E-state index contributed by atoms with van der Waals surface area (Å²) in [4.78, 5) is 14.6. The van der Waals surface area contributed by atoms with Gasteiger partial charge in [0.25, 0.3) is 0 Å². The van der Waals surface area contributed by atoms with Gasteiger partial charge < -0.3 is 14.7 Å². The molecule has 1 aromatic carbocycles. The van der Waals surface area contributed by atoms with Gasteiger partial charge in [0.05, 0.1) is 18.6 Å². The van der Waals surface area contributed by atoms with Crippen LogP contribution in [-0.4, -0.2) is 35.2 Å². The third-order valence-electron chi connectivity index (χ3n) is 5.20. The van der Waals surface area contributed by atoms with Crippen LogP contribution in [0.25, 0.3) is 0 Å². The number of benzene rings is 1. The summed E-state index contributed by atoms with van der Waals surface area (Å²) >= 11 is 0. The van der Waals surface area contributed by atoms with Gasteiger partial charge in [-0.05, 0) is 37.0 Å². The predicted molar refractivity (Wildman–Crippen MR) is 84.6 cm³/mol. The fourth-order valence-corrected chi connectivity index (χ4v) is 3.86. The molecule has 2 aliphatic rings. The Morgan fingerprint density at radius 1 is 1.23 bits per heavy atom. The van der Waals surface area contributed by atoms with Crippen LogP contribution in [0.5, 0.6) is 5.75 Å². The lowest BCUT2D eigenvalue weighted by molar-refractivity contribution is -0.141. The summed E-state index contributed by atoms with van der Waals surface area (Å²) in [5.74, 6) is 0.747. The highest BCUT2D eigenvalue weighted by molar-refractivity contribution is 5.82. The van der Waals surface area contributed by atoms with Crippen molar-refractivity contribution in [2.75, 3.05) is 13.7 Å². The molecule has 3 rings (SSSR count). The fourth-order valence-electron chi connectivity index (χ4n) is 3.86. The van der Waals surface area contributed by atoms with Crippen molar-refractivity contribution in [3.05, 3.63) is 29.8 Å². The van der Waals surface area contributed by atoms with Crippen LogP contribution in [0.3, 0.4) is 0 Å². The number of ether oxygens (including phenoxy) is 1. The fraction of sp³-hybridized carbons (Fsp3) is 0.611. The van der Waals surface area contributed by atoms with E-state index in [9.17, 15) is 9.90 Å². The largest absolute Gasteiger partial charge is 0.497 e. The summed E-state index contributed by atoms with van der Waals surface area (Å²) in [6.07, 6.45) is 5.60. The minimum absolute atomic E-state index is 0.125. The molecule has 0 spiro atoms. The molecule has 1 saturated heterocycles. The second-order valence-electron chi connectivity index (χ2n) is 6.61. The van der Waals surface area contributed by atoms with Gasteiger partial charge in [-0.2, -0.15) is 0 Å². The Labute approximate surface area is 132 Å². The number of carbonyl (C=O) groups is 1. The Morgan fingerprint density at radius 2 is 1.91 bits per heavy atom. The van der Waals surface area contributed by atoms with E-state index in [4.69, 9.17) is 4.74 Å². The minimum atomic E-state index is -0.760. The highest BCUT2D eigenvalue weighted by Gasteiger charge is 2.46. The first-order chi connectivity index (χ1) is 10.6. The van der Waals surface area contributed by atoms with E-state index in [1.54, 1.807) is 7.11 Å². The number of aliphatic hydroxyl groups is 1. The van der Waals surface area contributed by atoms with Crippen molar-refractivity contribution in [1.82, 2.24) is 4.90 Å². The van der Waals surface area contributed by atoms with Gasteiger partial charge in [-0.1, -0.05) is 31.4 Å². The lowest BCUT2D eigenvalue weighted by Crippen LogP contribution is -2.44. The van der Waals surface area contributed by atoms with Crippen molar-refractivity contribution in [2.45, 2.75) is 50.7 Å². The van der Waals surface area contributed by atoms with E-state index in [0.29, 0.717) is 6.54 Å². The van der Waals surface area contributed by atoms with Crippen LogP contribution in [0.15, 0.2) is 24.3 Å². The molecule has 1 atom stereocenters. The van der Waals surface area contributed by atoms with Gasteiger partial charge in [0, 0.05) is 13.1 Å². The van der Waals surface area contributed by atoms with Crippen LogP contribution >= 0.6 is 0 Å². The zero-order valence-electron chi connectivity index (χ0n) is 13.3. The van der Waals surface area contributed by atoms with Gasteiger partial charge in [-0.25, -0.2) is 0 Å². The Bertz CT molecular complexity index is 520. The normalized spacial score (nSPS) is 24.5. The molecule has 1 heterocycles. The Morgan fingerprint density at radius 3 is 2.55 bits per heavy atom. The van der Waals surface area contributed by atoms with Gasteiger partial charge >= 0.3 is 0 Å². The van der Waals surface area contributed by atoms with E-state index < -0.39 is 5.60 Å². The molecule has 120 valence electrons. The number of amides is 1. The molecular formula is C18H25NO3. The number of methoxy groups -OCH3 is 1. The van der Waals surface area contributed by atoms with Gasteiger partial charge in [-0.3, -0.25) is 4.79 Å². The second kappa shape index (κ2) is 6.29. The summed E-state index contributed by atoms with van der Waals surface area (Å²) in [5, 5.41) is 10.8. The summed E-state index contributed by atoms with van der Waals surface area (Å²) in [5.41, 5.74) is 0.342. The van der Waals surface area contributed by atoms with Gasteiger partial charge in [-0.15, -0.1) is 0 Å². The zero-order valence-corrected chi connectivity index (χ0v) is 13.3. The molecule has 1 N–H and O–H groups in total. The first-order valence-corrected chi connectivity index (χ1v) is 8.26. The van der Waals surface area contributed by atoms with E-state index >= 15 is 0 Å². The standard InChI is InChI=1S/C18H25NO3/c1-22-15-7-5-14(6-8-15)13-19-12-9-16(17(19)20)18(21)10-3-2-4-11-18/h5-8,16,21H,2-4,9-13H2,1H3. The lowest BCUT2D eigenvalue weighted by Gasteiger charge is -2.36. The molecule has 1 saturated carbocycles. The molecule has 0 aromatic heterocycles. The molecule has 1 aliphatic heterocycles. The molecule has 22 heavy (non-hydrogen) atoms. The van der Waals surface area contributed by atoms with Gasteiger partial charge in [0.1, 0.15) is 5.75 Å². The van der Waals surface area contributed by atoms with Crippen molar-refractivity contribution in [1.29, 1.82) is 0 Å². The molecule has 1 aliphatic carbocycles. The molecule has 1 unspecified atom stereocenters. The van der Waals surface area contributed by atoms with E-state index in [1.165, 1.54) is 6.42 Å². The maximum absolute atomic E-state index is 12.7. The van der Waals surface area contributed by atoms with Crippen LogP contribution in [0.4, 0.5) is 0 Å². The molecule has 4 heteroatoms. The third-order valence-corrected chi connectivity index (χ3v) is 5.20. The number of likely N-dealkylation sites (tertiary alicyclic amines) is 1. The van der Waals surface area contributed by atoms with Crippen LogP contribution in [0, 0.1) is 5.92 Å². The van der Waals surface area contributed by atoms with Crippen molar-refractivity contribution in [2.24, 2.45) is 5.92 Å². The minimum Gasteiger partial charge on any atom is -0.497 e. The van der Waals surface area contributed by atoms with Gasteiger partial charge in [0.15, 0.2) is 0 Å². The average molecular weight is 303 g/mol. The number of rotatable bonds is 4. The lowest BCUT2D eigenvalue weighted by atomic mass is 9.75. The topological polar surface area (TPSA) is 49.8 Å². The number of hydrogen-bond acceptors (Lipinski definition) is 3. The molecule has 4 nitrogen and oxygen atoms in total. The molecular weight excluding hydrogens is 278 g/mol. The van der Waals surface area contributed by atoms with E-state index in [-0.39, 0.29) is 11.8 Å².